The minimum absolute atomic E-state index is 0.0501. The highest BCUT2D eigenvalue weighted by Gasteiger charge is 2.30. The number of rotatable bonds is 6. The van der Waals surface area contributed by atoms with E-state index in [1.165, 1.54) is 12.8 Å². The van der Waals surface area contributed by atoms with Crippen LogP contribution in [-0.2, 0) is 16.6 Å². The molecule has 3 heterocycles. The van der Waals surface area contributed by atoms with Crippen molar-refractivity contribution in [2.24, 2.45) is 7.05 Å². The molecule has 26 heavy (non-hydrogen) atoms. The number of fused-ring (bicyclic) bond motifs is 1. The van der Waals surface area contributed by atoms with E-state index in [-0.39, 0.29) is 11.9 Å². The summed E-state index contributed by atoms with van der Waals surface area (Å²) in [4.78, 5) is 23.7. The van der Waals surface area contributed by atoms with Gasteiger partial charge in [-0.25, -0.2) is 9.97 Å². The van der Waals surface area contributed by atoms with Crippen LogP contribution in [0.3, 0.4) is 0 Å². The molecule has 0 radical (unpaired) electrons. The van der Waals surface area contributed by atoms with Crippen LogP contribution in [0.2, 0.25) is 0 Å². The predicted molar refractivity (Wildman–Crippen MR) is 98.0 cm³/mol. The Morgan fingerprint density at radius 2 is 2.12 bits per heavy atom. The lowest BCUT2D eigenvalue weighted by Gasteiger charge is -2.18. The lowest BCUT2D eigenvalue weighted by atomic mass is 10.1. The van der Waals surface area contributed by atoms with Gasteiger partial charge in [0.2, 0.25) is 5.91 Å². The highest BCUT2D eigenvalue weighted by atomic mass is 16.5. The zero-order chi connectivity index (χ0) is 18.1. The van der Waals surface area contributed by atoms with Crippen LogP contribution in [0.4, 0.5) is 5.82 Å². The van der Waals surface area contributed by atoms with E-state index in [4.69, 9.17) is 14.7 Å². The molecule has 1 saturated heterocycles. The van der Waals surface area contributed by atoms with Crippen LogP contribution in [0.15, 0.2) is 6.20 Å². The van der Waals surface area contributed by atoms with Gasteiger partial charge in [-0.1, -0.05) is 12.8 Å². The molecule has 8 heteroatoms. The van der Waals surface area contributed by atoms with Gasteiger partial charge in [0.15, 0.2) is 5.65 Å². The molecule has 1 saturated carbocycles. The minimum Gasteiger partial charge on any atom is -0.383 e. The van der Waals surface area contributed by atoms with Gasteiger partial charge in [-0.2, -0.15) is 5.10 Å². The van der Waals surface area contributed by atoms with Gasteiger partial charge in [-0.15, -0.1) is 0 Å². The second-order valence-electron chi connectivity index (χ2n) is 7.30. The highest BCUT2D eigenvalue weighted by Crippen LogP contribution is 2.34. The Hall–Kier alpha value is -2.22. The van der Waals surface area contributed by atoms with Crippen LogP contribution >= 0.6 is 0 Å². The van der Waals surface area contributed by atoms with E-state index in [0.717, 1.165) is 35.5 Å². The van der Waals surface area contributed by atoms with Gasteiger partial charge in [0.05, 0.1) is 24.2 Å². The molecule has 8 nitrogen and oxygen atoms in total. The van der Waals surface area contributed by atoms with Crippen molar-refractivity contribution in [2.75, 3.05) is 32.1 Å². The van der Waals surface area contributed by atoms with E-state index in [2.05, 4.69) is 10.4 Å². The summed E-state index contributed by atoms with van der Waals surface area (Å²) in [5.74, 6) is 2.29. The lowest BCUT2D eigenvalue weighted by molar-refractivity contribution is -0.128. The fraction of sp³-hybridized carbons (Fsp3) is 0.667. The summed E-state index contributed by atoms with van der Waals surface area (Å²) >= 11 is 0. The van der Waals surface area contributed by atoms with Crippen LogP contribution in [0.5, 0.6) is 0 Å². The number of carbonyl (C=O) groups is 1. The normalized spacial score (nSPS) is 21.2. The first-order valence-electron chi connectivity index (χ1n) is 9.38. The van der Waals surface area contributed by atoms with Crippen molar-refractivity contribution in [3.8, 4) is 0 Å². The Balaban J connectivity index is 1.58. The van der Waals surface area contributed by atoms with Crippen LogP contribution in [-0.4, -0.2) is 63.4 Å². The van der Waals surface area contributed by atoms with Crippen molar-refractivity contribution in [1.29, 1.82) is 0 Å². The number of methoxy groups -OCH3 is 1. The summed E-state index contributed by atoms with van der Waals surface area (Å²) in [6.45, 7) is 1.87. The van der Waals surface area contributed by atoms with Crippen LogP contribution in [0, 0.1) is 0 Å². The molecule has 0 aromatic carbocycles. The third kappa shape index (κ3) is 3.25. The Morgan fingerprint density at radius 1 is 1.31 bits per heavy atom. The number of amides is 1. The van der Waals surface area contributed by atoms with Crippen molar-refractivity contribution in [3.05, 3.63) is 12.0 Å². The molecular weight excluding hydrogens is 332 g/mol. The van der Waals surface area contributed by atoms with E-state index in [0.29, 0.717) is 32.0 Å². The number of nitrogens with one attached hydrogen (secondary N) is 1. The molecule has 2 aliphatic rings. The second kappa shape index (κ2) is 7.19. The average Bonchev–Trinajstić information content (AvgIpc) is 3.35. The molecule has 1 amide bonds. The first kappa shape index (κ1) is 17.2. The molecular formula is C18H26N6O2. The lowest BCUT2D eigenvalue weighted by Crippen LogP contribution is -2.31. The van der Waals surface area contributed by atoms with Crippen molar-refractivity contribution in [1.82, 2.24) is 24.6 Å². The maximum Gasteiger partial charge on any atom is 0.224 e. The van der Waals surface area contributed by atoms with Gasteiger partial charge < -0.3 is 15.0 Å². The number of hydrogen-bond donors (Lipinski definition) is 1. The van der Waals surface area contributed by atoms with Gasteiger partial charge >= 0.3 is 0 Å². The van der Waals surface area contributed by atoms with Crippen molar-refractivity contribution >= 4 is 22.8 Å². The first-order chi connectivity index (χ1) is 12.7. The fourth-order valence-electron chi connectivity index (χ4n) is 4.00. The summed E-state index contributed by atoms with van der Waals surface area (Å²) in [5, 5.41) is 8.75. The molecule has 1 aliphatic carbocycles. The SMILES string of the molecule is COCCN1C[C@H](Nc2nc(C3CCCC3)nc3c2cnn3C)CC1=O. The predicted octanol–water partition coefficient (Wildman–Crippen LogP) is 1.68. The number of ether oxygens (including phenoxy) is 1. The maximum absolute atomic E-state index is 12.2. The number of anilines is 1. The van der Waals surface area contributed by atoms with E-state index in [1.54, 1.807) is 18.0 Å². The van der Waals surface area contributed by atoms with E-state index in [1.807, 2.05) is 11.9 Å². The van der Waals surface area contributed by atoms with E-state index in [9.17, 15) is 4.79 Å². The third-order valence-electron chi connectivity index (χ3n) is 5.45. The molecule has 2 fully saturated rings. The zero-order valence-corrected chi connectivity index (χ0v) is 15.4. The quantitative estimate of drug-likeness (QED) is 0.846. The van der Waals surface area contributed by atoms with Crippen LogP contribution in [0.25, 0.3) is 11.0 Å². The van der Waals surface area contributed by atoms with Crippen molar-refractivity contribution in [3.63, 3.8) is 0 Å². The number of likely N-dealkylation sites (tertiary alicyclic amines) is 1. The number of nitrogens with zero attached hydrogens (tertiary/aromatic N) is 5. The zero-order valence-electron chi connectivity index (χ0n) is 15.4. The molecule has 140 valence electrons. The molecule has 0 bridgehead atoms. The Morgan fingerprint density at radius 3 is 2.88 bits per heavy atom. The highest BCUT2D eigenvalue weighted by molar-refractivity contribution is 5.87. The molecule has 0 spiro atoms. The monoisotopic (exact) mass is 358 g/mol. The van der Waals surface area contributed by atoms with E-state index >= 15 is 0 Å². The molecule has 0 unspecified atom stereocenters. The summed E-state index contributed by atoms with van der Waals surface area (Å²) in [6, 6.07) is 0.0501. The van der Waals surface area contributed by atoms with Gasteiger partial charge in [-0.3, -0.25) is 9.48 Å². The maximum atomic E-state index is 12.2. The standard InChI is InChI=1S/C18H26N6O2/c1-23-18-14(10-19-23)17(21-16(22-18)12-5-3-4-6-12)20-13-9-15(25)24(11-13)7-8-26-2/h10,12-13H,3-9,11H2,1-2H3,(H,20,21,22)/t13-/m1/s1. The van der Waals surface area contributed by atoms with Crippen LogP contribution in [0.1, 0.15) is 43.8 Å². The Kier molecular flexibility index (Phi) is 4.76. The number of hydrogen-bond acceptors (Lipinski definition) is 6. The third-order valence-corrected chi connectivity index (χ3v) is 5.45. The number of aryl methyl sites for hydroxylation is 1. The largest absolute Gasteiger partial charge is 0.383 e. The summed E-state index contributed by atoms with van der Waals surface area (Å²) in [7, 11) is 3.56. The number of aromatic nitrogens is 4. The smallest absolute Gasteiger partial charge is 0.224 e. The molecule has 4 rings (SSSR count). The minimum atomic E-state index is 0.0501. The molecule has 1 aliphatic heterocycles. The van der Waals surface area contributed by atoms with Crippen LogP contribution < -0.4 is 5.32 Å². The summed E-state index contributed by atoms with van der Waals surface area (Å²) in [6.07, 6.45) is 7.06. The first-order valence-corrected chi connectivity index (χ1v) is 9.38. The fourth-order valence-corrected chi connectivity index (χ4v) is 4.00. The molecule has 1 atom stereocenters. The van der Waals surface area contributed by atoms with Crippen molar-refractivity contribution < 1.29 is 9.53 Å². The Bertz CT molecular complexity index is 798. The summed E-state index contributed by atoms with van der Waals surface area (Å²) in [5.41, 5.74) is 0.852. The van der Waals surface area contributed by atoms with Gasteiger partial charge in [-0.05, 0) is 12.8 Å². The Labute approximate surface area is 152 Å². The summed E-state index contributed by atoms with van der Waals surface area (Å²) < 4.78 is 6.89. The molecule has 2 aromatic rings. The van der Waals surface area contributed by atoms with Gasteiger partial charge in [0, 0.05) is 39.6 Å². The molecule has 1 N–H and O–H groups in total. The topological polar surface area (TPSA) is 85.2 Å². The van der Waals surface area contributed by atoms with E-state index < -0.39 is 0 Å². The second-order valence-corrected chi connectivity index (χ2v) is 7.30. The average molecular weight is 358 g/mol. The van der Waals surface area contributed by atoms with Gasteiger partial charge in [0.1, 0.15) is 11.6 Å². The van der Waals surface area contributed by atoms with Crippen molar-refractivity contribution in [2.45, 2.75) is 44.1 Å². The van der Waals surface area contributed by atoms with Gasteiger partial charge in [0.25, 0.3) is 0 Å². The number of carbonyl (C=O) groups excluding carboxylic acids is 1. The molecule has 2 aromatic heterocycles.